The van der Waals surface area contributed by atoms with Crippen LogP contribution >= 0.6 is 0 Å². The third-order valence-electron chi connectivity index (χ3n) is 4.39. The van der Waals surface area contributed by atoms with E-state index in [-0.39, 0.29) is 18.2 Å². The maximum Gasteiger partial charge on any atom is 0.329 e. The van der Waals surface area contributed by atoms with Crippen molar-refractivity contribution in [3.8, 4) is 11.5 Å². The molecule has 3 aromatic rings. The smallest absolute Gasteiger partial charge is 0.329 e. The molecule has 0 spiro atoms. The van der Waals surface area contributed by atoms with E-state index in [1.807, 2.05) is 18.2 Å². The van der Waals surface area contributed by atoms with Gasteiger partial charge in [-0.2, -0.15) is 5.10 Å². The van der Waals surface area contributed by atoms with Crippen molar-refractivity contribution in [1.29, 1.82) is 0 Å². The van der Waals surface area contributed by atoms with Crippen molar-refractivity contribution in [1.82, 2.24) is 5.43 Å². The molecule has 3 rings (SSSR count). The van der Waals surface area contributed by atoms with E-state index in [0.717, 1.165) is 6.07 Å². The van der Waals surface area contributed by atoms with Gasteiger partial charge < -0.3 is 20.1 Å². The van der Waals surface area contributed by atoms with Gasteiger partial charge in [-0.05, 0) is 55.0 Å². The highest BCUT2D eigenvalue weighted by Crippen LogP contribution is 2.28. The molecule has 0 aliphatic rings. The molecule has 0 radical (unpaired) electrons. The first-order valence-corrected chi connectivity index (χ1v) is 10.6. The summed E-state index contributed by atoms with van der Waals surface area (Å²) in [6.45, 7) is 1.91. The van der Waals surface area contributed by atoms with Gasteiger partial charge in [0.25, 0.3) is 5.91 Å². The van der Waals surface area contributed by atoms with Gasteiger partial charge in [-0.25, -0.2) is 9.82 Å². The first kappa shape index (κ1) is 24.9. The first-order valence-electron chi connectivity index (χ1n) is 10.6. The van der Waals surface area contributed by atoms with Gasteiger partial charge in [0, 0.05) is 5.69 Å². The summed E-state index contributed by atoms with van der Waals surface area (Å²) in [4.78, 5) is 35.9. The summed E-state index contributed by atoms with van der Waals surface area (Å²) in [6.07, 6.45) is 1.29. The summed E-state index contributed by atoms with van der Waals surface area (Å²) in [5.74, 6) is -2.42. The van der Waals surface area contributed by atoms with Gasteiger partial charge in [-0.3, -0.25) is 14.4 Å². The lowest BCUT2D eigenvalue weighted by Crippen LogP contribution is -2.32. The number of hydrogen-bond acceptors (Lipinski definition) is 6. The highest BCUT2D eigenvalue weighted by molar-refractivity contribution is 6.39. The zero-order valence-electron chi connectivity index (χ0n) is 18.8. The molecule has 0 saturated heterocycles. The van der Waals surface area contributed by atoms with Crippen LogP contribution in [-0.2, 0) is 14.4 Å². The van der Waals surface area contributed by atoms with Crippen LogP contribution in [0.25, 0.3) is 0 Å². The highest BCUT2D eigenvalue weighted by atomic mass is 19.1. The fourth-order valence-corrected chi connectivity index (χ4v) is 2.81. The monoisotopic (exact) mass is 478 g/mol. The Morgan fingerprint density at radius 3 is 2.37 bits per heavy atom. The molecule has 0 heterocycles. The van der Waals surface area contributed by atoms with Crippen LogP contribution in [0.3, 0.4) is 0 Å². The van der Waals surface area contributed by atoms with E-state index >= 15 is 0 Å². The van der Waals surface area contributed by atoms with Crippen LogP contribution in [0.1, 0.15) is 12.5 Å². The number of nitrogens with zero attached hydrogens (tertiary/aromatic N) is 1. The maximum atomic E-state index is 13.6. The third-order valence-corrected chi connectivity index (χ3v) is 4.39. The van der Waals surface area contributed by atoms with Gasteiger partial charge in [0.05, 0.1) is 18.5 Å². The number of amides is 3. The Labute approximate surface area is 200 Å². The molecule has 0 bridgehead atoms. The number of ether oxygens (including phenoxy) is 2. The van der Waals surface area contributed by atoms with Crippen molar-refractivity contribution in [3.05, 3.63) is 84.2 Å². The number of halogens is 1. The molecular weight excluding hydrogens is 455 g/mol. The van der Waals surface area contributed by atoms with Crippen LogP contribution in [-0.4, -0.2) is 37.1 Å². The molecule has 0 aliphatic carbocycles. The van der Waals surface area contributed by atoms with E-state index < -0.39 is 17.6 Å². The normalized spacial score (nSPS) is 10.5. The van der Waals surface area contributed by atoms with Crippen LogP contribution in [0.5, 0.6) is 11.5 Å². The van der Waals surface area contributed by atoms with Gasteiger partial charge in [0.15, 0.2) is 18.1 Å². The van der Waals surface area contributed by atoms with Crippen molar-refractivity contribution in [3.63, 3.8) is 0 Å². The number of hydrazone groups is 1. The minimum Gasteiger partial charge on any atom is -0.490 e. The third kappa shape index (κ3) is 7.67. The Kier molecular flexibility index (Phi) is 8.89. The summed E-state index contributed by atoms with van der Waals surface area (Å²) in [7, 11) is 0. The van der Waals surface area contributed by atoms with Gasteiger partial charge >= 0.3 is 11.8 Å². The van der Waals surface area contributed by atoms with Crippen molar-refractivity contribution in [2.45, 2.75) is 6.92 Å². The van der Waals surface area contributed by atoms with E-state index in [1.54, 1.807) is 37.3 Å². The van der Waals surface area contributed by atoms with Crippen LogP contribution in [0.4, 0.5) is 15.8 Å². The van der Waals surface area contributed by atoms with E-state index in [0.29, 0.717) is 29.4 Å². The van der Waals surface area contributed by atoms with Crippen molar-refractivity contribution < 1.29 is 28.2 Å². The minimum absolute atomic E-state index is 0.119. The molecule has 35 heavy (non-hydrogen) atoms. The molecule has 0 fully saturated rings. The number of nitrogens with one attached hydrogen (secondary N) is 3. The van der Waals surface area contributed by atoms with Gasteiger partial charge in [0.2, 0.25) is 0 Å². The Balaban J connectivity index is 1.56. The molecule has 3 amide bonds. The number of carbonyl (C=O) groups excluding carboxylic acids is 3. The van der Waals surface area contributed by atoms with E-state index in [9.17, 15) is 18.8 Å². The average molecular weight is 478 g/mol. The van der Waals surface area contributed by atoms with Gasteiger partial charge in [-0.15, -0.1) is 0 Å². The summed E-state index contributed by atoms with van der Waals surface area (Å²) < 4.78 is 24.7. The Morgan fingerprint density at radius 2 is 1.63 bits per heavy atom. The lowest BCUT2D eigenvalue weighted by atomic mass is 10.2. The largest absolute Gasteiger partial charge is 0.490 e. The Hall–Kier alpha value is -4.73. The fourth-order valence-electron chi connectivity index (χ4n) is 2.81. The second kappa shape index (κ2) is 12.5. The van der Waals surface area contributed by atoms with Gasteiger partial charge in [0.1, 0.15) is 5.82 Å². The Bertz CT molecular complexity index is 1220. The minimum atomic E-state index is -1.07. The predicted molar refractivity (Wildman–Crippen MR) is 129 cm³/mol. The zero-order chi connectivity index (χ0) is 25.0. The molecule has 3 aromatic carbocycles. The predicted octanol–water partition coefficient (Wildman–Crippen LogP) is 3.33. The summed E-state index contributed by atoms with van der Waals surface area (Å²) in [5, 5.41) is 8.62. The second-order valence-corrected chi connectivity index (χ2v) is 6.98. The molecule has 0 aromatic heterocycles. The molecule has 9 nitrogen and oxygen atoms in total. The maximum absolute atomic E-state index is 13.6. The first-order chi connectivity index (χ1) is 17.0. The average Bonchev–Trinajstić information content (AvgIpc) is 2.85. The molecule has 0 aliphatic heterocycles. The zero-order valence-corrected chi connectivity index (χ0v) is 18.8. The second-order valence-electron chi connectivity index (χ2n) is 6.98. The topological polar surface area (TPSA) is 118 Å². The van der Waals surface area contributed by atoms with Crippen LogP contribution in [0, 0.1) is 5.82 Å². The molecule has 3 N–H and O–H groups in total. The molecule has 180 valence electrons. The van der Waals surface area contributed by atoms with Crippen molar-refractivity contribution in [2.75, 3.05) is 23.8 Å². The lowest BCUT2D eigenvalue weighted by Gasteiger charge is -2.12. The quantitative estimate of drug-likeness (QED) is 0.248. The standard InChI is InChI=1S/C25H23FN4O5/c1-2-34-22-14-17(12-13-21(22)35-16-23(31)28-18-8-4-3-5-9-18)15-27-30-25(33)24(32)29-20-11-7-6-10-19(20)26/h3-15H,2,16H2,1H3,(H,28,31)(H,29,32)(H,30,33)/b27-15-. The summed E-state index contributed by atoms with van der Waals surface area (Å²) >= 11 is 0. The van der Waals surface area contributed by atoms with Crippen LogP contribution in [0.15, 0.2) is 77.9 Å². The number of rotatable bonds is 9. The number of benzene rings is 3. The summed E-state index contributed by atoms with van der Waals surface area (Å²) in [6, 6.07) is 19.3. The number of anilines is 2. The highest BCUT2D eigenvalue weighted by Gasteiger charge is 2.15. The van der Waals surface area contributed by atoms with Gasteiger partial charge in [-0.1, -0.05) is 30.3 Å². The molecule has 10 heteroatoms. The lowest BCUT2D eigenvalue weighted by molar-refractivity contribution is -0.136. The van der Waals surface area contributed by atoms with E-state index in [4.69, 9.17) is 9.47 Å². The number of hydrogen-bond donors (Lipinski definition) is 3. The van der Waals surface area contributed by atoms with Crippen molar-refractivity contribution in [2.24, 2.45) is 5.10 Å². The van der Waals surface area contributed by atoms with Crippen LogP contribution in [0.2, 0.25) is 0 Å². The van der Waals surface area contributed by atoms with Crippen LogP contribution < -0.4 is 25.5 Å². The molecule has 0 saturated carbocycles. The van der Waals surface area contributed by atoms with Crippen molar-refractivity contribution >= 4 is 35.3 Å². The van der Waals surface area contributed by atoms with E-state index in [2.05, 4.69) is 21.2 Å². The Morgan fingerprint density at radius 1 is 0.886 bits per heavy atom. The summed E-state index contributed by atoms with van der Waals surface area (Å²) in [5.41, 5.74) is 3.14. The number of para-hydroxylation sites is 2. The number of carbonyl (C=O) groups is 3. The molecular formula is C25H23FN4O5. The van der Waals surface area contributed by atoms with E-state index in [1.165, 1.54) is 24.4 Å². The SMILES string of the molecule is CCOc1cc(/C=N\NC(=O)C(=O)Nc2ccccc2F)ccc1OCC(=O)Nc1ccccc1. The molecule has 0 atom stereocenters. The fraction of sp³-hybridized carbons (Fsp3) is 0.120. The molecule has 0 unspecified atom stereocenters.